The van der Waals surface area contributed by atoms with Crippen LogP contribution in [0.1, 0.15) is 38.2 Å². The van der Waals surface area contributed by atoms with Gasteiger partial charge in [0, 0.05) is 0 Å². The monoisotopic (exact) mass is 418 g/mol. The van der Waals surface area contributed by atoms with Crippen molar-refractivity contribution in [2.75, 3.05) is 0 Å². The summed E-state index contributed by atoms with van der Waals surface area (Å²) < 4.78 is 40.3. The van der Waals surface area contributed by atoms with Gasteiger partial charge in [-0.15, -0.1) is 0 Å². The molecule has 4 rings (SSSR count). The quantitative estimate of drug-likeness (QED) is 0.208. The van der Waals surface area contributed by atoms with E-state index in [2.05, 4.69) is 43.3 Å². The highest BCUT2D eigenvalue weighted by atomic mass is 19.2. The van der Waals surface area contributed by atoms with Gasteiger partial charge in [0.2, 0.25) is 0 Å². The van der Waals surface area contributed by atoms with Gasteiger partial charge in [-0.25, -0.2) is 13.2 Å². The number of unbranched alkanes of at least 4 members (excludes halogenated alkanes) is 3. The highest BCUT2D eigenvalue weighted by Gasteiger charge is 2.11. The summed E-state index contributed by atoms with van der Waals surface area (Å²) in [6, 6.07) is 22.5. The molecule has 4 aromatic rings. The van der Waals surface area contributed by atoms with E-state index < -0.39 is 17.5 Å². The Morgan fingerprint density at radius 3 is 1.81 bits per heavy atom. The molecule has 0 nitrogen and oxygen atoms in total. The summed E-state index contributed by atoms with van der Waals surface area (Å²) in [5.41, 5.74) is 4.41. The van der Waals surface area contributed by atoms with E-state index >= 15 is 0 Å². The molecular formula is C28H25F3. The molecule has 31 heavy (non-hydrogen) atoms. The van der Waals surface area contributed by atoms with E-state index in [9.17, 15) is 13.2 Å². The van der Waals surface area contributed by atoms with Crippen molar-refractivity contribution in [2.24, 2.45) is 0 Å². The smallest absolute Gasteiger partial charge is 0.194 e. The molecule has 0 aromatic heterocycles. The molecule has 0 atom stereocenters. The number of benzene rings is 4. The maximum absolute atomic E-state index is 13.5. The number of fused-ring (bicyclic) bond motifs is 1. The van der Waals surface area contributed by atoms with E-state index in [1.807, 2.05) is 12.1 Å². The van der Waals surface area contributed by atoms with Crippen LogP contribution < -0.4 is 0 Å². The van der Waals surface area contributed by atoms with Gasteiger partial charge in [0.25, 0.3) is 0 Å². The number of halogens is 3. The van der Waals surface area contributed by atoms with Gasteiger partial charge in [0.15, 0.2) is 17.5 Å². The average Bonchev–Trinajstić information content (AvgIpc) is 2.79. The summed E-state index contributed by atoms with van der Waals surface area (Å²) in [7, 11) is 0. The van der Waals surface area contributed by atoms with Crippen LogP contribution in [0, 0.1) is 17.5 Å². The minimum atomic E-state index is -1.44. The van der Waals surface area contributed by atoms with E-state index in [4.69, 9.17) is 0 Å². The zero-order chi connectivity index (χ0) is 21.8. The molecule has 0 N–H and O–H groups in total. The molecule has 0 saturated carbocycles. The van der Waals surface area contributed by atoms with Gasteiger partial charge in [0.1, 0.15) is 0 Å². The molecule has 0 unspecified atom stereocenters. The third-order valence-electron chi connectivity index (χ3n) is 5.76. The van der Waals surface area contributed by atoms with Gasteiger partial charge >= 0.3 is 0 Å². The zero-order valence-corrected chi connectivity index (χ0v) is 17.6. The van der Waals surface area contributed by atoms with Crippen molar-refractivity contribution in [2.45, 2.75) is 39.0 Å². The fourth-order valence-corrected chi connectivity index (χ4v) is 3.96. The predicted octanol–water partition coefficient (Wildman–Crippen LogP) is 8.71. The normalized spacial score (nSPS) is 11.2. The van der Waals surface area contributed by atoms with Gasteiger partial charge in [0.05, 0.1) is 0 Å². The minimum Gasteiger partial charge on any atom is -0.204 e. The van der Waals surface area contributed by atoms with E-state index in [0.717, 1.165) is 29.7 Å². The second kappa shape index (κ2) is 9.38. The Kier molecular flexibility index (Phi) is 6.41. The van der Waals surface area contributed by atoms with Crippen molar-refractivity contribution < 1.29 is 13.2 Å². The van der Waals surface area contributed by atoms with Gasteiger partial charge in [-0.05, 0) is 69.6 Å². The summed E-state index contributed by atoms with van der Waals surface area (Å²) >= 11 is 0. The highest BCUT2D eigenvalue weighted by molar-refractivity contribution is 5.88. The number of aryl methyl sites for hydroxylation is 1. The lowest BCUT2D eigenvalue weighted by molar-refractivity contribution is 0.448. The summed E-state index contributed by atoms with van der Waals surface area (Å²) in [6.07, 6.45) is 6.16. The number of hydrogen-bond donors (Lipinski definition) is 0. The van der Waals surface area contributed by atoms with Crippen LogP contribution in [0.2, 0.25) is 0 Å². The molecule has 0 radical (unpaired) electrons. The maximum atomic E-state index is 13.5. The molecule has 0 fully saturated rings. The highest BCUT2D eigenvalue weighted by Crippen LogP contribution is 2.29. The molecule has 0 heterocycles. The van der Waals surface area contributed by atoms with Crippen LogP contribution in [0.4, 0.5) is 13.2 Å². The summed E-state index contributed by atoms with van der Waals surface area (Å²) in [5, 5.41) is 2.41. The standard InChI is InChI=1S/C28H25F3/c1-2-3-4-5-6-19-7-8-24-16-23(14-13-22(24)15-19)20-9-11-21(12-10-20)25-17-26(29)28(31)27(30)18-25/h7-18H,2-6H2,1H3. The largest absolute Gasteiger partial charge is 0.204 e. The van der Waals surface area contributed by atoms with Crippen molar-refractivity contribution in [3.8, 4) is 22.3 Å². The minimum absolute atomic E-state index is 0.313. The van der Waals surface area contributed by atoms with Gasteiger partial charge in [-0.1, -0.05) is 80.8 Å². The summed E-state index contributed by atoms with van der Waals surface area (Å²) in [4.78, 5) is 0. The first-order valence-electron chi connectivity index (χ1n) is 10.8. The molecule has 0 bridgehead atoms. The third-order valence-corrected chi connectivity index (χ3v) is 5.76. The Hall–Kier alpha value is -3.07. The molecule has 0 aliphatic carbocycles. The van der Waals surface area contributed by atoms with Crippen molar-refractivity contribution in [3.05, 3.63) is 95.8 Å². The molecule has 0 aliphatic heterocycles. The zero-order valence-electron chi connectivity index (χ0n) is 17.6. The predicted molar refractivity (Wildman–Crippen MR) is 123 cm³/mol. The van der Waals surface area contributed by atoms with Crippen LogP contribution in [0.25, 0.3) is 33.0 Å². The molecule has 0 spiro atoms. The van der Waals surface area contributed by atoms with E-state index in [1.54, 1.807) is 12.1 Å². The first kappa shape index (κ1) is 21.2. The Morgan fingerprint density at radius 1 is 0.548 bits per heavy atom. The first-order valence-corrected chi connectivity index (χ1v) is 10.8. The molecule has 0 aliphatic rings. The Labute approximate surface area is 181 Å². The summed E-state index contributed by atoms with van der Waals surface area (Å²) in [5.74, 6) is -3.81. The maximum Gasteiger partial charge on any atom is 0.194 e. The third kappa shape index (κ3) is 4.82. The van der Waals surface area contributed by atoms with Crippen molar-refractivity contribution in [1.29, 1.82) is 0 Å². The molecule has 158 valence electrons. The lowest BCUT2D eigenvalue weighted by atomic mass is 9.97. The fourth-order valence-electron chi connectivity index (χ4n) is 3.96. The van der Waals surface area contributed by atoms with Crippen molar-refractivity contribution in [3.63, 3.8) is 0 Å². The Bertz CT molecular complexity index is 1170. The molecule has 4 aromatic carbocycles. The number of hydrogen-bond acceptors (Lipinski definition) is 0. The van der Waals surface area contributed by atoms with Crippen molar-refractivity contribution >= 4 is 10.8 Å². The summed E-state index contributed by atoms with van der Waals surface area (Å²) in [6.45, 7) is 2.23. The van der Waals surface area contributed by atoms with E-state index in [0.29, 0.717) is 11.1 Å². The SMILES string of the molecule is CCCCCCc1ccc2cc(-c3ccc(-c4cc(F)c(F)c(F)c4)cc3)ccc2c1. The fraction of sp³-hybridized carbons (Fsp3) is 0.214. The topological polar surface area (TPSA) is 0 Å². The van der Waals surface area contributed by atoms with Crippen LogP contribution in [0.3, 0.4) is 0 Å². The first-order chi connectivity index (χ1) is 15.0. The molecule has 3 heteroatoms. The van der Waals surface area contributed by atoms with E-state index in [1.165, 1.54) is 42.0 Å². The van der Waals surface area contributed by atoms with Gasteiger partial charge in [-0.3, -0.25) is 0 Å². The Morgan fingerprint density at radius 2 is 1.13 bits per heavy atom. The molecule has 0 saturated heterocycles. The van der Waals surface area contributed by atoms with Crippen LogP contribution in [-0.4, -0.2) is 0 Å². The lowest BCUT2D eigenvalue weighted by Crippen LogP contribution is -1.91. The average molecular weight is 419 g/mol. The van der Waals surface area contributed by atoms with Crippen LogP contribution in [0.15, 0.2) is 72.8 Å². The van der Waals surface area contributed by atoms with Crippen molar-refractivity contribution in [1.82, 2.24) is 0 Å². The van der Waals surface area contributed by atoms with Crippen LogP contribution >= 0.6 is 0 Å². The molecular weight excluding hydrogens is 393 g/mol. The lowest BCUT2D eigenvalue weighted by Gasteiger charge is -2.08. The second-order valence-electron chi connectivity index (χ2n) is 8.04. The van der Waals surface area contributed by atoms with Gasteiger partial charge < -0.3 is 0 Å². The van der Waals surface area contributed by atoms with Gasteiger partial charge in [-0.2, -0.15) is 0 Å². The Balaban J connectivity index is 1.54. The second-order valence-corrected chi connectivity index (χ2v) is 8.04. The van der Waals surface area contributed by atoms with Crippen LogP contribution in [0.5, 0.6) is 0 Å². The van der Waals surface area contributed by atoms with Crippen LogP contribution in [-0.2, 0) is 6.42 Å². The van der Waals surface area contributed by atoms with E-state index in [-0.39, 0.29) is 0 Å². The molecule has 0 amide bonds. The number of rotatable bonds is 7.